The first-order valence-corrected chi connectivity index (χ1v) is 7.44. The monoisotopic (exact) mass is 321 g/mol. The predicted molar refractivity (Wildman–Crippen MR) is 84.2 cm³/mol. The Kier molecular flexibility index (Phi) is 5.42. The first-order valence-electron chi connectivity index (χ1n) is 7.44. The molecule has 0 fully saturated rings. The highest BCUT2D eigenvalue weighted by Crippen LogP contribution is 2.34. The highest BCUT2D eigenvalue weighted by molar-refractivity contribution is 5.91. The number of benzene rings is 2. The van der Waals surface area contributed by atoms with Crippen molar-refractivity contribution in [2.24, 2.45) is 0 Å². The Morgan fingerprint density at radius 3 is 2.22 bits per heavy atom. The number of anilines is 1. The summed E-state index contributed by atoms with van der Waals surface area (Å²) < 4.78 is 38.6. The van der Waals surface area contributed by atoms with Crippen LogP contribution in [0.15, 0.2) is 48.5 Å². The third-order valence-electron chi connectivity index (χ3n) is 3.58. The number of hydrogen-bond donors (Lipinski definition) is 1. The zero-order valence-corrected chi connectivity index (χ0v) is 12.8. The summed E-state index contributed by atoms with van der Waals surface area (Å²) in [4.78, 5) is 11.9. The Labute approximate surface area is 133 Å². The molecule has 0 aliphatic heterocycles. The molecule has 0 radical (unpaired) electrons. The van der Waals surface area contributed by atoms with Crippen molar-refractivity contribution in [3.63, 3.8) is 0 Å². The van der Waals surface area contributed by atoms with Gasteiger partial charge in [-0.25, -0.2) is 0 Å². The van der Waals surface area contributed by atoms with Gasteiger partial charge in [-0.15, -0.1) is 0 Å². The van der Waals surface area contributed by atoms with Crippen LogP contribution >= 0.6 is 0 Å². The highest BCUT2D eigenvalue weighted by atomic mass is 19.4. The molecule has 122 valence electrons. The minimum atomic E-state index is -4.49. The summed E-state index contributed by atoms with van der Waals surface area (Å²) in [6.45, 7) is 2.06. The van der Waals surface area contributed by atoms with Gasteiger partial charge in [-0.05, 0) is 36.1 Å². The van der Waals surface area contributed by atoms with Crippen LogP contribution in [0.25, 0.3) is 0 Å². The van der Waals surface area contributed by atoms with Crippen molar-refractivity contribution in [3.8, 4) is 0 Å². The van der Waals surface area contributed by atoms with Gasteiger partial charge in [0.05, 0.1) is 11.3 Å². The fourth-order valence-corrected chi connectivity index (χ4v) is 2.25. The van der Waals surface area contributed by atoms with E-state index < -0.39 is 17.6 Å². The van der Waals surface area contributed by atoms with Crippen molar-refractivity contribution < 1.29 is 18.0 Å². The summed E-state index contributed by atoms with van der Waals surface area (Å²) >= 11 is 0. The van der Waals surface area contributed by atoms with E-state index in [0.29, 0.717) is 6.42 Å². The molecule has 23 heavy (non-hydrogen) atoms. The van der Waals surface area contributed by atoms with Gasteiger partial charge in [-0.2, -0.15) is 13.2 Å². The van der Waals surface area contributed by atoms with Crippen molar-refractivity contribution in [2.45, 2.75) is 32.4 Å². The molecule has 2 nitrogen and oxygen atoms in total. The minimum absolute atomic E-state index is 0.137. The molecule has 0 unspecified atom stereocenters. The van der Waals surface area contributed by atoms with Crippen molar-refractivity contribution in [3.05, 3.63) is 65.2 Å². The molecule has 0 aromatic heterocycles. The summed E-state index contributed by atoms with van der Waals surface area (Å²) in [6, 6.07) is 12.8. The number of hydrogen-bond acceptors (Lipinski definition) is 1. The van der Waals surface area contributed by atoms with E-state index in [0.717, 1.165) is 18.1 Å². The van der Waals surface area contributed by atoms with Crippen LogP contribution in [0.4, 0.5) is 18.9 Å². The smallest absolute Gasteiger partial charge is 0.325 e. The van der Waals surface area contributed by atoms with Crippen LogP contribution in [-0.2, 0) is 23.8 Å². The zero-order valence-electron chi connectivity index (χ0n) is 12.8. The van der Waals surface area contributed by atoms with Crippen molar-refractivity contribution in [1.82, 2.24) is 0 Å². The Morgan fingerprint density at radius 1 is 1.00 bits per heavy atom. The van der Waals surface area contributed by atoms with Crippen molar-refractivity contribution in [2.75, 3.05) is 5.32 Å². The number of alkyl halides is 3. The van der Waals surface area contributed by atoms with Gasteiger partial charge >= 0.3 is 6.18 Å². The number of aryl methyl sites for hydroxylation is 2. The van der Waals surface area contributed by atoms with Gasteiger partial charge in [-0.3, -0.25) is 4.79 Å². The van der Waals surface area contributed by atoms with Gasteiger partial charge < -0.3 is 5.32 Å². The van der Waals surface area contributed by atoms with Crippen LogP contribution in [0, 0.1) is 0 Å². The molecule has 0 saturated carbocycles. The van der Waals surface area contributed by atoms with E-state index in [4.69, 9.17) is 0 Å². The van der Waals surface area contributed by atoms with E-state index >= 15 is 0 Å². The zero-order chi connectivity index (χ0) is 16.9. The second-order valence-electron chi connectivity index (χ2n) is 5.26. The minimum Gasteiger partial charge on any atom is -0.325 e. The topological polar surface area (TPSA) is 29.1 Å². The molecule has 5 heteroatoms. The lowest BCUT2D eigenvalue weighted by molar-refractivity contribution is -0.137. The third kappa shape index (κ3) is 4.84. The van der Waals surface area contributed by atoms with Crippen molar-refractivity contribution >= 4 is 11.6 Å². The predicted octanol–water partition coefficient (Wildman–Crippen LogP) is 4.84. The Bertz CT molecular complexity index is 663. The summed E-state index contributed by atoms with van der Waals surface area (Å²) in [5.74, 6) is -0.429. The van der Waals surface area contributed by atoms with Gasteiger partial charge in [0.25, 0.3) is 0 Å². The lowest BCUT2D eigenvalue weighted by Crippen LogP contribution is -2.16. The number of para-hydroxylation sites is 1. The lowest BCUT2D eigenvalue weighted by Gasteiger charge is -2.13. The standard InChI is InChI=1S/C18H18F3NO/c1-2-13-7-9-14(10-8-13)11-12-17(23)22-16-6-4-3-5-15(16)18(19,20)21/h3-10H,2,11-12H2,1H3,(H,22,23). The molecule has 2 aromatic carbocycles. The second-order valence-corrected chi connectivity index (χ2v) is 5.26. The molecule has 1 amide bonds. The molecule has 0 bridgehead atoms. The Hall–Kier alpha value is -2.30. The van der Waals surface area contributed by atoms with Crippen LogP contribution in [0.2, 0.25) is 0 Å². The average molecular weight is 321 g/mol. The van der Waals surface area contributed by atoms with Gasteiger partial charge in [0.1, 0.15) is 0 Å². The quantitative estimate of drug-likeness (QED) is 0.839. The van der Waals surface area contributed by atoms with E-state index in [-0.39, 0.29) is 12.1 Å². The van der Waals surface area contributed by atoms with Gasteiger partial charge in [0.15, 0.2) is 0 Å². The number of carbonyl (C=O) groups excluding carboxylic acids is 1. The normalized spacial score (nSPS) is 11.3. The number of carbonyl (C=O) groups is 1. The molecule has 1 N–H and O–H groups in total. The SMILES string of the molecule is CCc1ccc(CCC(=O)Nc2ccccc2C(F)(F)F)cc1. The van der Waals surface area contributed by atoms with Gasteiger partial charge in [-0.1, -0.05) is 43.3 Å². The molecule has 0 saturated heterocycles. The van der Waals surface area contributed by atoms with E-state index in [1.807, 2.05) is 24.3 Å². The molecule has 0 aliphatic carbocycles. The van der Waals surface area contributed by atoms with Crippen LogP contribution in [0.1, 0.15) is 30.0 Å². The number of halogens is 3. The Morgan fingerprint density at radius 2 is 1.61 bits per heavy atom. The van der Waals surface area contributed by atoms with E-state index in [2.05, 4.69) is 12.2 Å². The van der Waals surface area contributed by atoms with Crippen LogP contribution in [-0.4, -0.2) is 5.91 Å². The summed E-state index contributed by atoms with van der Waals surface area (Å²) in [7, 11) is 0. The summed E-state index contributed by atoms with van der Waals surface area (Å²) in [5.41, 5.74) is 1.16. The fourth-order valence-electron chi connectivity index (χ4n) is 2.25. The highest BCUT2D eigenvalue weighted by Gasteiger charge is 2.33. The largest absolute Gasteiger partial charge is 0.418 e. The molecule has 0 spiro atoms. The maximum atomic E-state index is 12.9. The molecule has 0 atom stereocenters. The lowest BCUT2D eigenvalue weighted by atomic mass is 10.1. The van der Waals surface area contributed by atoms with Gasteiger partial charge in [0, 0.05) is 6.42 Å². The first kappa shape index (κ1) is 17.1. The first-order chi connectivity index (χ1) is 10.9. The average Bonchev–Trinajstić information content (AvgIpc) is 2.53. The van der Waals surface area contributed by atoms with Crippen LogP contribution in [0.3, 0.4) is 0 Å². The number of nitrogens with one attached hydrogen (secondary N) is 1. The summed E-state index contributed by atoms with van der Waals surface area (Å²) in [6.07, 6.45) is -2.92. The van der Waals surface area contributed by atoms with Crippen LogP contribution in [0.5, 0.6) is 0 Å². The molecule has 2 rings (SSSR count). The maximum absolute atomic E-state index is 12.9. The Balaban J connectivity index is 1.97. The molecule has 0 heterocycles. The van der Waals surface area contributed by atoms with Gasteiger partial charge in [0.2, 0.25) is 5.91 Å². The van der Waals surface area contributed by atoms with Crippen molar-refractivity contribution in [1.29, 1.82) is 0 Å². The van der Waals surface area contributed by atoms with E-state index in [9.17, 15) is 18.0 Å². The van der Waals surface area contributed by atoms with Crippen LogP contribution < -0.4 is 5.32 Å². The molecular formula is C18H18F3NO. The molecule has 2 aromatic rings. The second kappa shape index (κ2) is 7.31. The molecular weight excluding hydrogens is 303 g/mol. The number of rotatable bonds is 5. The molecule has 0 aliphatic rings. The number of amides is 1. The van der Waals surface area contributed by atoms with E-state index in [1.54, 1.807) is 0 Å². The summed E-state index contributed by atoms with van der Waals surface area (Å²) in [5, 5.41) is 2.35. The fraction of sp³-hybridized carbons (Fsp3) is 0.278. The van der Waals surface area contributed by atoms with E-state index in [1.165, 1.54) is 23.8 Å². The third-order valence-corrected chi connectivity index (χ3v) is 3.58. The maximum Gasteiger partial charge on any atom is 0.418 e.